The van der Waals surface area contributed by atoms with E-state index in [0.717, 1.165) is 17.3 Å². The molecule has 0 unspecified atom stereocenters. The quantitative estimate of drug-likeness (QED) is 0.672. The van der Waals surface area contributed by atoms with Gasteiger partial charge in [-0.15, -0.1) is 0 Å². The van der Waals surface area contributed by atoms with Crippen LogP contribution < -0.4 is 9.80 Å². The topological polar surface area (TPSA) is 42.6 Å². The van der Waals surface area contributed by atoms with E-state index in [0.29, 0.717) is 11.7 Å². The number of aryl methyl sites for hydroxylation is 1. The molecule has 1 aliphatic heterocycles. The fourth-order valence-electron chi connectivity index (χ4n) is 3.73. The molecule has 1 heterocycles. The van der Waals surface area contributed by atoms with Crippen molar-refractivity contribution in [3.8, 4) is 6.07 Å². The number of benzene rings is 2. The summed E-state index contributed by atoms with van der Waals surface area (Å²) in [6.07, 6.45) is -4.64. The van der Waals surface area contributed by atoms with Crippen LogP contribution in [0.4, 0.5) is 24.5 Å². The average molecular weight is 398 g/mol. The molecule has 29 heavy (non-hydrogen) atoms. The van der Waals surface area contributed by atoms with Crippen molar-refractivity contribution in [3.63, 3.8) is 0 Å². The van der Waals surface area contributed by atoms with Gasteiger partial charge in [-0.3, -0.25) is 9.89 Å². The van der Waals surface area contributed by atoms with Crippen LogP contribution in [0.2, 0.25) is 0 Å². The summed E-state index contributed by atoms with van der Waals surface area (Å²) < 4.78 is 40.4. The van der Waals surface area contributed by atoms with Crippen molar-refractivity contribution in [3.05, 3.63) is 71.6 Å². The number of nitriles is 1. The van der Waals surface area contributed by atoms with Crippen molar-refractivity contribution in [1.29, 1.82) is 5.26 Å². The molecule has 1 aliphatic rings. The van der Waals surface area contributed by atoms with Gasteiger partial charge in [0.25, 0.3) is 0 Å². The Labute approximate surface area is 168 Å². The number of halogens is 3. The molecule has 0 bridgehead atoms. The number of amidine groups is 1. The van der Waals surface area contributed by atoms with Crippen LogP contribution in [0, 0.1) is 18.3 Å². The maximum absolute atomic E-state index is 13.5. The molecule has 4 nitrogen and oxygen atoms in total. The Bertz CT molecular complexity index is 1030. The molecule has 3 rings (SSSR count). The molecular formula is C22H21F3N4. The van der Waals surface area contributed by atoms with Gasteiger partial charge in [0.2, 0.25) is 0 Å². The lowest BCUT2D eigenvalue weighted by atomic mass is 10.0. The Morgan fingerprint density at radius 3 is 2.17 bits per heavy atom. The Morgan fingerprint density at radius 1 is 1.07 bits per heavy atom. The highest BCUT2D eigenvalue weighted by molar-refractivity contribution is 6.13. The van der Waals surface area contributed by atoms with Gasteiger partial charge >= 0.3 is 6.18 Å². The van der Waals surface area contributed by atoms with Crippen LogP contribution in [0.3, 0.4) is 0 Å². The zero-order valence-electron chi connectivity index (χ0n) is 16.7. The summed E-state index contributed by atoms with van der Waals surface area (Å²) in [5.41, 5.74) is 0.166. The average Bonchev–Trinajstić information content (AvgIpc) is 2.86. The molecule has 0 atom stereocenters. The first-order valence-electron chi connectivity index (χ1n) is 8.97. The van der Waals surface area contributed by atoms with Gasteiger partial charge in [0.05, 0.1) is 22.7 Å². The number of alkyl halides is 3. The lowest BCUT2D eigenvalue weighted by molar-refractivity contribution is -0.137. The number of hydrogen-bond donors (Lipinski definition) is 0. The predicted molar refractivity (Wildman–Crippen MR) is 109 cm³/mol. The number of hydrogen-bond acceptors (Lipinski definition) is 3. The maximum atomic E-state index is 13.5. The fourth-order valence-corrected chi connectivity index (χ4v) is 3.73. The molecule has 0 spiro atoms. The normalized spacial score (nSPS) is 17.7. The van der Waals surface area contributed by atoms with E-state index >= 15 is 0 Å². The highest BCUT2D eigenvalue weighted by atomic mass is 19.4. The lowest BCUT2D eigenvalue weighted by Gasteiger charge is -2.31. The van der Waals surface area contributed by atoms with Gasteiger partial charge in [-0.2, -0.15) is 18.4 Å². The Kier molecular flexibility index (Phi) is 4.91. The molecule has 1 fully saturated rings. The van der Waals surface area contributed by atoms with Crippen LogP contribution in [0.1, 0.15) is 30.5 Å². The molecule has 7 heteroatoms. The van der Waals surface area contributed by atoms with Crippen molar-refractivity contribution < 1.29 is 13.2 Å². The first kappa shape index (κ1) is 20.5. The van der Waals surface area contributed by atoms with E-state index in [4.69, 9.17) is 5.26 Å². The van der Waals surface area contributed by atoms with E-state index < -0.39 is 22.8 Å². The van der Waals surface area contributed by atoms with Crippen LogP contribution in [0.15, 0.2) is 59.9 Å². The molecule has 0 saturated carbocycles. The van der Waals surface area contributed by atoms with E-state index in [1.165, 1.54) is 12.1 Å². The van der Waals surface area contributed by atoms with Crippen LogP contribution in [0.25, 0.3) is 0 Å². The van der Waals surface area contributed by atoms with Crippen molar-refractivity contribution in [2.45, 2.75) is 32.5 Å². The minimum atomic E-state index is -4.64. The predicted octanol–water partition coefficient (Wildman–Crippen LogP) is 5.49. The molecule has 150 valence electrons. The standard InChI is InChI=1S/C22H21F3N4/c1-14-6-9-17(10-7-14)29-15(2)28(20(27-5)21(29,3)4)18-11-8-16(13-26)19(12-18)22(23,24)25/h6-12H,2H2,1,3-5H3/b27-20+. The molecule has 0 aromatic heterocycles. The second-order valence-corrected chi connectivity index (χ2v) is 7.37. The summed E-state index contributed by atoms with van der Waals surface area (Å²) in [6, 6.07) is 13.1. The van der Waals surface area contributed by atoms with Crippen molar-refractivity contribution in [1.82, 2.24) is 0 Å². The molecule has 0 aliphatic carbocycles. The largest absolute Gasteiger partial charge is 0.417 e. The van der Waals surface area contributed by atoms with Gasteiger partial charge in [-0.05, 0) is 51.1 Å². The van der Waals surface area contributed by atoms with Gasteiger partial charge in [0.1, 0.15) is 11.7 Å². The van der Waals surface area contributed by atoms with E-state index in [2.05, 4.69) is 11.6 Å². The van der Waals surface area contributed by atoms with Gasteiger partial charge in [-0.25, -0.2) is 0 Å². The highest BCUT2D eigenvalue weighted by Crippen LogP contribution is 2.42. The summed E-state index contributed by atoms with van der Waals surface area (Å²) in [5, 5.41) is 9.07. The van der Waals surface area contributed by atoms with Crippen LogP contribution in [-0.2, 0) is 6.18 Å². The number of anilines is 2. The zero-order chi connectivity index (χ0) is 21.6. The smallest absolute Gasteiger partial charge is 0.315 e. The fraction of sp³-hybridized carbons (Fsp3) is 0.273. The third-order valence-corrected chi connectivity index (χ3v) is 5.03. The Morgan fingerprint density at radius 2 is 1.66 bits per heavy atom. The number of nitrogens with zero attached hydrogens (tertiary/aromatic N) is 4. The number of rotatable bonds is 2. The molecule has 0 amide bonds. The Balaban J connectivity index is 2.16. The Hall–Kier alpha value is -3.27. The van der Waals surface area contributed by atoms with E-state index in [-0.39, 0.29) is 5.69 Å². The van der Waals surface area contributed by atoms with Gasteiger partial charge < -0.3 is 4.90 Å². The van der Waals surface area contributed by atoms with E-state index in [1.54, 1.807) is 18.0 Å². The zero-order valence-corrected chi connectivity index (χ0v) is 16.7. The summed E-state index contributed by atoms with van der Waals surface area (Å²) >= 11 is 0. The molecule has 2 aromatic carbocycles. The van der Waals surface area contributed by atoms with Crippen molar-refractivity contribution in [2.24, 2.45) is 4.99 Å². The van der Waals surface area contributed by atoms with Gasteiger partial charge in [-0.1, -0.05) is 24.3 Å². The molecule has 1 saturated heterocycles. The van der Waals surface area contributed by atoms with E-state index in [9.17, 15) is 13.2 Å². The first-order chi connectivity index (χ1) is 13.5. The van der Waals surface area contributed by atoms with Crippen LogP contribution in [-0.4, -0.2) is 18.4 Å². The monoisotopic (exact) mass is 398 g/mol. The third-order valence-electron chi connectivity index (χ3n) is 5.03. The van der Waals surface area contributed by atoms with Crippen molar-refractivity contribution >= 4 is 17.2 Å². The lowest BCUT2D eigenvalue weighted by Crippen LogP contribution is -2.43. The van der Waals surface area contributed by atoms with Gasteiger partial charge in [0.15, 0.2) is 0 Å². The summed E-state index contributed by atoms with van der Waals surface area (Å²) in [6.45, 7) is 10.0. The second kappa shape index (κ2) is 6.96. The molecule has 0 radical (unpaired) electrons. The summed E-state index contributed by atoms with van der Waals surface area (Å²) in [7, 11) is 1.60. The number of aliphatic imine (C=N–C) groups is 1. The SMILES string of the molecule is C=C1N(c2ccc(C#N)c(C(F)(F)F)c2)/C(=N/C)C(C)(C)N1c1ccc(C)cc1. The van der Waals surface area contributed by atoms with E-state index in [1.807, 2.05) is 49.9 Å². The van der Waals surface area contributed by atoms with Crippen molar-refractivity contribution in [2.75, 3.05) is 16.8 Å². The third kappa shape index (κ3) is 3.35. The van der Waals surface area contributed by atoms with Gasteiger partial charge in [0, 0.05) is 18.4 Å². The van der Waals surface area contributed by atoms with Crippen LogP contribution >= 0.6 is 0 Å². The van der Waals surface area contributed by atoms with Crippen LogP contribution in [0.5, 0.6) is 0 Å². The second-order valence-electron chi connectivity index (χ2n) is 7.37. The summed E-state index contributed by atoms with van der Waals surface area (Å²) in [5.74, 6) is 1.04. The highest BCUT2D eigenvalue weighted by Gasteiger charge is 2.47. The molecule has 2 aromatic rings. The minimum absolute atomic E-state index is 0.254. The first-order valence-corrected chi connectivity index (χ1v) is 8.97. The molecular weight excluding hydrogens is 377 g/mol. The maximum Gasteiger partial charge on any atom is 0.417 e. The minimum Gasteiger partial charge on any atom is -0.315 e. The molecule has 0 N–H and O–H groups in total. The summed E-state index contributed by atoms with van der Waals surface area (Å²) in [4.78, 5) is 7.92.